The molecule has 1 fully saturated rings. The van der Waals surface area contributed by atoms with Gasteiger partial charge in [-0.3, -0.25) is 4.99 Å². The summed E-state index contributed by atoms with van der Waals surface area (Å²) in [4.78, 5) is 6.50. The van der Waals surface area contributed by atoms with Gasteiger partial charge in [0.1, 0.15) is 23.1 Å². The van der Waals surface area contributed by atoms with Crippen LogP contribution in [0.25, 0.3) is 0 Å². The summed E-state index contributed by atoms with van der Waals surface area (Å²) in [5.74, 6) is 0.357. The predicted octanol–water partition coefficient (Wildman–Crippen LogP) is 3.67. The Kier molecular flexibility index (Phi) is 9.60. The van der Waals surface area contributed by atoms with Gasteiger partial charge in [0, 0.05) is 44.4 Å². The lowest BCUT2D eigenvalue weighted by molar-refractivity contribution is 0.406. The van der Waals surface area contributed by atoms with Crippen LogP contribution in [0.3, 0.4) is 0 Å². The van der Waals surface area contributed by atoms with E-state index in [0.717, 1.165) is 18.1 Å². The molecule has 170 valence electrons. The van der Waals surface area contributed by atoms with Crippen LogP contribution in [0.5, 0.6) is 11.5 Å². The molecule has 6 nitrogen and oxygen atoms in total. The smallest absolute Gasteiger partial charge is 0.191 e. The van der Waals surface area contributed by atoms with Crippen LogP contribution in [0.4, 0.5) is 14.5 Å². The highest BCUT2D eigenvalue weighted by atomic mass is 127. The molecule has 0 radical (unpaired) electrons. The van der Waals surface area contributed by atoms with Crippen LogP contribution in [0.15, 0.2) is 41.4 Å². The number of hydrogen-bond acceptors (Lipinski definition) is 4. The Morgan fingerprint density at radius 1 is 1.26 bits per heavy atom. The molecular weight excluding hydrogens is 517 g/mol. The summed E-state index contributed by atoms with van der Waals surface area (Å²) in [6.07, 6.45) is 1.41. The van der Waals surface area contributed by atoms with Gasteiger partial charge in [-0.15, -0.1) is 24.0 Å². The van der Waals surface area contributed by atoms with Crippen LogP contribution < -0.4 is 20.3 Å². The van der Waals surface area contributed by atoms with Gasteiger partial charge in [0.15, 0.2) is 5.96 Å². The first-order valence-electron chi connectivity index (χ1n) is 10.1. The summed E-state index contributed by atoms with van der Waals surface area (Å²) in [5, 5.41) is 16.7. The fourth-order valence-corrected chi connectivity index (χ4v) is 3.52. The maximum Gasteiger partial charge on any atom is 0.191 e. The van der Waals surface area contributed by atoms with E-state index in [4.69, 9.17) is 4.74 Å². The number of methoxy groups -OCH3 is 1. The van der Waals surface area contributed by atoms with Gasteiger partial charge in [-0.25, -0.2) is 8.78 Å². The Balaban J connectivity index is 0.00000341. The van der Waals surface area contributed by atoms with Crippen LogP contribution in [-0.4, -0.2) is 50.4 Å². The zero-order chi connectivity index (χ0) is 21.5. The highest BCUT2D eigenvalue weighted by Gasteiger charge is 2.25. The van der Waals surface area contributed by atoms with Gasteiger partial charge in [-0.05, 0) is 43.5 Å². The van der Waals surface area contributed by atoms with Crippen LogP contribution in [0, 0.1) is 11.6 Å². The molecule has 1 unspecified atom stereocenters. The van der Waals surface area contributed by atoms with Gasteiger partial charge in [0.05, 0.1) is 12.8 Å². The molecule has 1 aliphatic rings. The van der Waals surface area contributed by atoms with Crippen LogP contribution in [0.1, 0.15) is 18.9 Å². The summed E-state index contributed by atoms with van der Waals surface area (Å²) in [7, 11) is 1.56. The average molecular weight is 546 g/mol. The molecule has 9 heteroatoms. The third-order valence-electron chi connectivity index (χ3n) is 5.07. The van der Waals surface area contributed by atoms with Crippen molar-refractivity contribution in [3.63, 3.8) is 0 Å². The number of hydrogen-bond donors (Lipinski definition) is 3. The largest absolute Gasteiger partial charge is 0.508 e. The second kappa shape index (κ2) is 11.9. The molecular formula is C22H29F2IN4O2. The van der Waals surface area contributed by atoms with E-state index < -0.39 is 11.6 Å². The van der Waals surface area contributed by atoms with Crippen molar-refractivity contribution in [1.82, 2.24) is 10.6 Å². The lowest BCUT2D eigenvalue weighted by atomic mass is 10.1. The Morgan fingerprint density at radius 3 is 2.74 bits per heavy atom. The molecule has 3 N–H and O–H groups in total. The molecule has 2 aromatic carbocycles. The van der Waals surface area contributed by atoms with E-state index in [1.165, 1.54) is 12.1 Å². The Hall–Kier alpha value is -2.30. The molecule has 1 heterocycles. The summed E-state index contributed by atoms with van der Waals surface area (Å²) >= 11 is 0. The lowest BCUT2D eigenvalue weighted by Crippen LogP contribution is -2.44. The van der Waals surface area contributed by atoms with Crippen molar-refractivity contribution in [2.45, 2.75) is 25.8 Å². The lowest BCUT2D eigenvalue weighted by Gasteiger charge is -2.21. The number of benzene rings is 2. The highest BCUT2D eigenvalue weighted by molar-refractivity contribution is 14.0. The number of aromatic hydroxyl groups is 1. The standard InChI is InChI=1S/C22H28F2N4O2.HI/c1-3-25-22(26-10-8-15-4-6-18(30-2)13-21(15)29)27-17-9-11-28(14-17)20-7-5-16(23)12-19(20)24;/h4-7,12-13,17,29H,3,8-11,14H2,1-2H3,(H2,25,26,27);1H. The molecule has 1 aliphatic heterocycles. The third-order valence-corrected chi connectivity index (χ3v) is 5.07. The molecule has 0 aliphatic carbocycles. The normalized spacial score (nSPS) is 16.1. The van der Waals surface area contributed by atoms with Crippen molar-refractivity contribution >= 4 is 35.6 Å². The Labute approximate surface area is 198 Å². The van der Waals surface area contributed by atoms with Gasteiger partial charge in [-0.2, -0.15) is 0 Å². The first-order chi connectivity index (χ1) is 14.5. The maximum absolute atomic E-state index is 14.1. The summed E-state index contributed by atoms with van der Waals surface area (Å²) < 4.78 is 32.3. The summed E-state index contributed by atoms with van der Waals surface area (Å²) in [5.41, 5.74) is 1.21. The molecule has 2 aromatic rings. The molecule has 0 amide bonds. The zero-order valence-electron chi connectivity index (χ0n) is 17.7. The summed E-state index contributed by atoms with van der Waals surface area (Å²) in [6.45, 7) is 4.48. The van der Waals surface area contributed by atoms with Crippen molar-refractivity contribution in [3.05, 3.63) is 53.6 Å². The summed E-state index contributed by atoms with van der Waals surface area (Å²) in [6, 6.07) is 8.99. The number of phenols is 1. The number of guanidine groups is 1. The molecule has 0 spiro atoms. The third kappa shape index (κ3) is 6.84. The van der Waals surface area contributed by atoms with Crippen molar-refractivity contribution in [3.8, 4) is 11.5 Å². The molecule has 31 heavy (non-hydrogen) atoms. The maximum atomic E-state index is 14.1. The molecule has 1 atom stereocenters. The van der Waals surface area contributed by atoms with Crippen LogP contribution in [-0.2, 0) is 6.42 Å². The van der Waals surface area contributed by atoms with Gasteiger partial charge >= 0.3 is 0 Å². The van der Waals surface area contributed by atoms with E-state index in [2.05, 4.69) is 15.6 Å². The fourth-order valence-electron chi connectivity index (χ4n) is 3.52. The first kappa shape index (κ1) is 25.0. The van der Waals surface area contributed by atoms with E-state index in [1.807, 2.05) is 24.0 Å². The van der Waals surface area contributed by atoms with Crippen molar-refractivity contribution in [1.29, 1.82) is 0 Å². The predicted molar refractivity (Wildman–Crippen MR) is 130 cm³/mol. The average Bonchev–Trinajstić information content (AvgIpc) is 3.17. The van der Waals surface area contributed by atoms with Gasteiger partial charge in [-0.1, -0.05) is 6.07 Å². The monoisotopic (exact) mass is 546 g/mol. The van der Waals surface area contributed by atoms with E-state index in [9.17, 15) is 13.9 Å². The van der Waals surface area contributed by atoms with E-state index in [0.29, 0.717) is 50.0 Å². The van der Waals surface area contributed by atoms with E-state index in [1.54, 1.807) is 13.2 Å². The minimum atomic E-state index is -0.574. The zero-order valence-corrected chi connectivity index (χ0v) is 20.0. The van der Waals surface area contributed by atoms with Gasteiger partial charge in [0.2, 0.25) is 0 Å². The Bertz CT molecular complexity index is 898. The molecule has 3 rings (SSSR count). The van der Waals surface area contributed by atoms with Crippen molar-refractivity contribution in [2.75, 3.05) is 38.2 Å². The van der Waals surface area contributed by atoms with Gasteiger partial charge in [0.25, 0.3) is 0 Å². The first-order valence-corrected chi connectivity index (χ1v) is 10.1. The van der Waals surface area contributed by atoms with Gasteiger partial charge < -0.3 is 25.4 Å². The number of nitrogens with one attached hydrogen (secondary N) is 2. The minimum Gasteiger partial charge on any atom is -0.508 e. The number of ether oxygens (including phenoxy) is 1. The topological polar surface area (TPSA) is 69.1 Å². The quantitative estimate of drug-likeness (QED) is 0.281. The number of anilines is 1. The number of phenolic OH excluding ortho intramolecular Hbond substituents is 1. The molecule has 0 saturated carbocycles. The van der Waals surface area contributed by atoms with Crippen LogP contribution in [0.2, 0.25) is 0 Å². The number of halogens is 3. The molecule has 1 saturated heterocycles. The second-order valence-electron chi connectivity index (χ2n) is 7.18. The SMILES string of the molecule is CCNC(=NCCc1ccc(OC)cc1O)NC1CCN(c2ccc(F)cc2F)C1.I. The fraction of sp³-hybridized carbons (Fsp3) is 0.409. The molecule has 0 aromatic heterocycles. The molecule has 0 bridgehead atoms. The number of aliphatic imine (C=N–C) groups is 1. The van der Waals surface area contributed by atoms with Crippen molar-refractivity contribution < 1.29 is 18.6 Å². The highest BCUT2D eigenvalue weighted by Crippen LogP contribution is 2.25. The van der Waals surface area contributed by atoms with Crippen LogP contribution >= 0.6 is 24.0 Å². The number of nitrogens with zero attached hydrogens (tertiary/aromatic N) is 2. The number of rotatable bonds is 7. The van der Waals surface area contributed by atoms with Crippen molar-refractivity contribution in [2.24, 2.45) is 4.99 Å². The Morgan fingerprint density at radius 2 is 2.06 bits per heavy atom. The second-order valence-corrected chi connectivity index (χ2v) is 7.18. The van der Waals surface area contributed by atoms with E-state index >= 15 is 0 Å². The van der Waals surface area contributed by atoms with E-state index in [-0.39, 0.29) is 35.8 Å². The minimum absolute atomic E-state index is 0.